The molecule has 31 nitrogen and oxygen atoms in total. The molecular formula is C104H85Br2Cl4N23O8S2. The van der Waals surface area contributed by atoms with Crippen LogP contribution in [0, 0.1) is 0 Å². The van der Waals surface area contributed by atoms with E-state index in [-0.39, 0.29) is 39.4 Å². The van der Waals surface area contributed by atoms with E-state index < -0.39 is 20.0 Å². The van der Waals surface area contributed by atoms with Gasteiger partial charge in [-0.25, -0.2) is 43.9 Å². The van der Waals surface area contributed by atoms with Gasteiger partial charge in [0.25, 0.3) is 33.7 Å². The average molecular weight is 2150 g/mol. The van der Waals surface area contributed by atoms with Crippen molar-refractivity contribution in [2.75, 3.05) is 37.0 Å². The molecule has 0 radical (unpaired) electrons. The molecule has 39 heteroatoms. The second-order valence-corrected chi connectivity index (χ2v) is 40.7. The first kappa shape index (κ1) is 100. The number of nitrogens with one attached hydrogen (secondary N) is 6. The molecule has 143 heavy (non-hydrogen) atoms. The highest BCUT2D eigenvalue weighted by molar-refractivity contribution is 9.11. The van der Waals surface area contributed by atoms with E-state index in [4.69, 9.17) is 46.4 Å². The van der Waals surface area contributed by atoms with Gasteiger partial charge >= 0.3 is 0 Å². The fourth-order valence-electron chi connectivity index (χ4n) is 14.5. The predicted molar refractivity (Wildman–Crippen MR) is 568 cm³/mol. The van der Waals surface area contributed by atoms with Gasteiger partial charge in [-0.2, -0.15) is 30.6 Å². The number of pyridine rings is 11. The number of anilines is 6. The minimum absolute atomic E-state index is 0.0779. The Labute approximate surface area is 856 Å². The number of fused-ring (bicyclic) bond motifs is 6. The summed E-state index contributed by atoms with van der Waals surface area (Å²) in [5.41, 5.74) is 16.2. The SMILES string of the molecule is CC(C)(C)c1cc(NC(=O)c2cccnc2)n2ncc(Cl)c2c1.CC(C)(C)c1cc(NC(=O)c2ccncc2)n2ncc(Cl)c2c1.CS(=O)(=O)Nc1cc(-c2ccccc2)cc2c(Br)cnn12.O=C(Nc1cc(-c2ccccc2)cc2c(Cl)cnn12)c1cccnc1.O=C(Nc1cc(-c2ccccc2)cc2c(Cl)cnn12)c1ccncc1.O=S(=O)(Nc1cc(-c2ccccc2)cc2c(Br)cnn12)c1cccnc1. The van der Waals surface area contributed by atoms with Gasteiger partial charge in [-0.3, -0.25) is 53.5 Å². The molecule has 0 aliphatic heterocycles. The van der Waals surface area contributed by atoms with Crippen LogP contribution in [0.1, 0.15) is 94.1 Å². The molecule has 0 fully saturated rings. The van der Waals surface area contributed by atoms with Crippen LogP contribution in [0.15, 0.2) is 368 Å². The lowest BCUT2D eigenvalue weighted by Gasteiger charge is -2.21. The molecule has 718 valence electrons. The second-order valence-electron chi connectivity index (χ2n) is 33.9. The number of benzene rings is 4. The zero-order valence-electron chi connectivity index (χ0n) is 76.9. The van der Waals surface area contributed by atoms with E-state index in [1.54, 1.807) is 168 Å². The summed E-state index contributed by atoms with van der Waals surface area (Å²) in [5, 5.41) is 39.2. The minimum Gasteiger partial charge on any atom is -0.306 e. The summed E-state index contributed by atoms with van der Waals surface area (Å²) in [5.74, 6) is 2.04. The third kappa shape index (κ3) is 24.5. The maximum absolute atomic E-state index is 12.7. The van der Waals surface area contributed by atoms with Crippen molar-refractivity contribution in [1.82, 2.24) is 82.6 Å². The van der Waals surface area contributed by atoms with Crippen LogP contribution in [0.2, 0.25) is 20.1 Å². The number of aromatic nitrogens is 17. The monoisotopic (exact) mass is 2150 g/mol. The molecule has 17 heterocycles. The predicted octanol–water partition coefficient (Wildman–Crippen LogP) is 23.6. The molecule has 0 aliphatic carbocycles. The molecule has 0 atom stereocenters. The van der Waals surface area contributed by atoms with Gasteiger partial charge in [0.05, 0.1) is 117 Å². The van der Waals surface area contributed by atoms with Crippen LogP contribution in [0.3, 0.4) is 0 Å². The Morgan fingerprint density at radius 3 is 0.867 bits per heavy atom. The molecule has 6 N–H and O–H groups in total. The van der Waals surface area contributed by atoms with Gasteiger partial charge in [0.1, 0.15) is 39.8 Å². The smallest absolute Gasteiger partial charge is 0.264 e. The van der Waals surface area contributed by atoms with Crippen LogP contribution >= 0.6 is 78.3 Å². The van der Waals surface area contributed by atoms with Crippen molar-refractivity contribution in [3.8, 4) is 44.5 Å². The Hall–Kier alpha value is -15.7. The first-order valence-electron chi connectivity index (χ1n) is 43.7. The number of carbonyl (C=O) groups is 4. The van der Waals surface area contributed by atoms with Gasteiger partial charge in [0, 0.05) is 73.1 Å². The minimum atomic E-state index is -3.78. The molecule has 0 spiro atoms. The number of amides is 4. The molecule has 21 rings (SSSR count). The fraction of sp³-hybridized carbons (Fsp3) is 0.0865. The van der Waals surface area contributed by atoms with Gasteiger partial charge < -0.3 is 21.3 Å². The van der Waals surface area contributed by atoms with Crippen LogP contribution in [0.25, 0.3) is 77.6 Å². The van der Waals surface area contributed by atoms with Crippen molar-refractivity contribution < 1.29 is 36.0 Å². The van der Waals surface area contributed by atoms with Gasteiger partial charge in [0.15, 0.2) is 0 Å². The summed E-state index contributed by atoms with van der Waals surface area (Å²) in [7, 11) is -7.17. The number of halogens is 6. The quantitative estimate of drug-likeness (QED) is 0.0493. The van der Waals surface area contributed by atoms with Crippen LogP contribution in [0.5, 0.6) is 0 Å². The molecule has 0 saturated heterocycles. The van der Waals surface area contributed by atoms with E-state index in [0.717, 1.165) is 104 Å². The van der Waals surface area contributed by atoms with E-state index in [0.29, 0.717) is 77.3 Å². The van der Waals surface area contributed by atoms with Crippen molar-refractivity contribution in [1.29, 1.82) is 0 Å². The van der Waals surface area contributed by atoms with Gasteiger partial charge in [-0.1, -0.05) is 209 Å². The summed E-state index contributed by atoms with van der Waals surface area (Å²) in [4.78, 5) is 69.5. The number of sulfonamides is 2. The molecule has 0 bridgehead atoms. The average Bonchev–Trinajstić information content (AvgIpc) is 1.67. The highest BCUT2D eigenvalue weighted by Crippen LogP contribution is 2.38. The van der Waals surface area contributed by atoms with Gasteiger partial charge in [-0.05, 0) is 232 Å². The van der Waals surface area contributed by atoms with E-state index >= 15 is 0 Å². The Kier molecular flexibility index (Phi) is 30.8. The lowest BCUT2D eigenvalue weighted by Crippen LogP contribution is -2.17. The Morgan fingerprint density at radius 2 is 0.559 bits per heavy atom. The topological polar surface area (TPSA) is 377 Å². The van der Waals surface area contributed by atoms with Crippen LogP contribution < -0.4 is 30.7 Å². The van der Waals surface area contributed by atoms with Crippen LogP contribution in [-0.2, 0) is 30.9 Å². The Bertz CT molecular complexity index is 8130. The molecule has 21 aromatic rings. The lowest BCUT2D eigenvalue weighted by atomic mass is 9.87. The number of hydrogen-bond acceptors (Lipinski definition) is 19. The number of nitrogens with zero attached hydrogens (tertiary/aromatic N) is 17. The number of carbonyl (C=O) groups excluding carboxylic acids is 4. The number of hydrogen-bond donors (Lipinski definition) is 6. The van der Waals surface area contributed by atoms with Crippen molar-refractivity contribution in [3.05, 3.63) is 416 Å². The molecular weight excluding hydrogens is 2070 g/mol. The second kappa shape index (κ2) is 44.0. The van der Waals surface area contributed by atoms with Crippen molar-refractivity contribution >= 4 is 190 Å². The van der Waals surface area contributed by atoms with E-state index in [9.17, 15) is 36.0 Å². The fourth-order valence-corrected chi connectivity index (χ4v) is 17.5. The zero-order chi connectivity index (χ0) is 101. The normalized spacial score (nSPS) is 11.3. The third-order valence-corrected chi connectivity index (χ3v) is 26.1. The molecule has 4 amide bonds. The van der Waals surface area contributed by atoms with Crippen LogP contribution in [-0.4, -0.2) is 129 Å². The summed E-state index contributed by atoms with van der Waals surface area (Å²) in [6.45, 7) is 12.6. The van der Waals surface area contributed by atoms with E-state index in [1.807, 2.05) is 182 Å². The molecule has 0 saturated carbocycles. The summed E-state index contributed by atoms with van der Waals surface area (Å²) in [6.07, 6.45) is 26.1. The summed E-state index contributed by atoms with van der Waals surface area (Å²) in [6, 6.07) is 78.8. The first-order chi connectivity index (χ1) is 68.6. The Balaban J connectivity index is 0.000000123. The van der Waals surface area contributed by atoms with Crippen molar-refractivity contribution in [2.45, 2.75) is 57.3 Å². The van der Waals surface area contributed by atoms with E-state index in [2.05, 4.69) is 160 Å². The molecule has 0 unspecified atom stereocenters. The van der Waals surface area contributed by atoms with E-state index in [1.165, 1.54) is 30.9 Å². The zero-order valence-corrected chi connectivity index (χ0v) is 84.8. The largest absolute Gasteiger partial charge is 0.306 e. The highest BCUT2D eigenvalue weighted by atomic mass is 79.9. The lowest BCUT2D eigenvalue weighted by molar-refractivity contribution is 0.101. The van der Waals surface area contributed by atoms with Gasteiger partial charge in [-0.15, -0.1) is 0 Å². The summed E-state index contributed by atoms with van der Waals surface area (Å²) >= 11 is 31.8. The maximum Gasteiger partial charge on any atom is 0.264 e. The highest BCUT2D eigenvalue weighted by Gasteiger charge is 2.26. The molecule has 17 aromatic heterocycles. The number of rotatable bonds is 17. The summed E-state index contributed by atoms with van der Waals surface area (Å²) < 4.78 is 64.8. The van der Waals surface area contributed by atoms with Crippen molar-refractivity contribution in [2.24, 2.45) is 0 Å². The molecule has 0 aliphatic rings. The van der Waals surface area contributed by atoms with Crippen molar-refractivity contribution in [3.63, 3.8) is 0 Å². The molecule has 4 aromatic carbocycles. The van der Waals surface area contributed by atoms with Gasteiger partial charge in [0.2, 0.25) is 10.0 Å². The maximum atomic E-state index is 12.7. The standard InChI is InChI=1S/2C19H13ClN4O.C18H13BrN4O2S.2C17H17ClN4O.C14H12BrN3O2S/c20-16-12-22-24-17(16)9-15(13-5-2-1-3-6-13)10-18(24)23-19(25)14-7-4-8-21-11-14;20-16-12-22-24-17(16)10-15(13-4-2-1-3-5-13)11-18(24)23-19(25)14-6-8-21-9-7-14;19-16-12-21-23-17(16)9-14(13-5-2-1-3-6-13)10-18(23)22-26(24,25)15-7-4-8-20-11-15;1-17(2,3)12-8-14-13(18)10-20-22(14)15(9-12)21-16(23)11-4-6-19-7-5-11;1-17(2,3)12-7-14-13(18)10-20-22(14)15(8-12)21-16(23)11-5-4-6-19-9-11;1-21(19,20)17-14-8-11(10-5-3-2-4-6-10)7-13-12(15)9-16-18(13)14/h2*1-12H,(H,23,25);1-12,22H;2*4-10H,1-3H3,(H,21,23);2-9,17H,1H3. The first-order valence-corrected chi connectivity index (χ1v) is 50.1. The van der Waals surface area contributed by atoms with Crippen LogP contribution in [0.4, 0.5) is 34.9 Å². The third-order valence-electron chi connectivity index (χ3n) is 21.8. The Morgan fingerprint density at radius 1 is 0.280 bits per heavy atom.